The first-order chi connectivity index (χ1) is 6.95. The van der Waals surface area contributed by atoms with Gasteiger partial charge in [0.2, 0.25) is 0 Å². The lowest BCUT2D eigenvalue weighted by Gasteiger charge is -2.27. The number of hydrogen-bond acceptors (Lipinski definition) is 1. The van der Waals surface area contributed by atoms with Crippen molar-refractivity contribution in [1.29, 1.82) is 0 Å². The lowest BCUT2D eigenvalue weighted by Crippen LogP contribution is -2.30. The van der Waals surface area contributed by atoms with E-state index in [1.807, 2.05) is 0 Å². The van der Waals surface area contributed by atoms with E-state index >= 15 is 0 Å². The number of benzene rings is 1. The maximum atomic E-state index is 3.66. The molecule has 0 saturated carbocycles. The van der Waals surface area contributed by atoms with Gasteiger partial charge in [-0.05, 0) is 48.9 Å². The van der Waals surface area contributed by atoms with Gasteiger partial charge in [0.25, 0.3) is 0 Å². The summed E-state index contributed by atoms with van der Waals surface area (Å²) >= 11 is 0. The molecule has 0 aromatic heterocycles. The molecule has 1 atom stereocenters. The zero-order valence-electron chi connectivity index (χ0n) is 8.55. The van der Waals surface area contributed by atoms with E-state index in [4.69, 9.17) is 0 Å². The predicted octanol–water partition coefficient (Wildman–Crippen LogP) is 2.60. The molecule has 2 aliphatic rings. The largest absolute Gasteiger partial charge is 0.310 e. The van der Waals surface area contributed by atoms with Gasteiger partial charge in [-0.3, -0.25) is 0 Å². The Morgan fingerprint density at radius 3 is 2.86 bits per heavy atom. The molecule has 3 rings (SSSR count). The van der Waals surface area contributed by atoms with Gasteiger partial charge in [-0.15, -0.1) is 0 Å². The lowest BCUT2D eigenvalue weighted by molar-refractivity contribution is 0.469. The van der Waals surface area contributed by atoms with Crippen LogP contribution in [0.1, 0.15) is 42.0 Å². The molecule has 1 nitrogen and oxygen atoms in total. The van der Waals surface area contributed by atoms with Crippen molar-refractivity contribution >= 4 is 0 Å². The molecule has 0 fully saturated rings. The third-order valence-corrected chi connectivity index (χ3v) is 3.61. The molecule has 0 bridgehead atoms. The van der Waals surface area contributed by atoms with Crippen LogP contribution in [-0.2, 0) is 12.8 Å². The number of rotatable bonds is 0. The van der Waals surface area contributed by atoms with Gasteiger partial charge in [0, 0.05) is 6.04 Å². The zero-order valence-corrected chi connectivity index (χ0v) is 8.55. The van der Waals surface area contributed by atoms with Gasteiger partial charge in [0.05, 0.1) is 0 Å². The molecule has 1 aromatic rings. The van der Waals surface area contributed by atoms with Crippen LogP contribution in [0.25, 0.3) is 0 Å². The molecule has 1 heteroatoms. The SMILES string of the molecule is c1cc2c3c(c1)CCNC3CCCC2. The van der Waals surface area contributed by atoms with Gasteiger partial charge >= 0.3 is 0 Å². The number of hydrogen-bond donors (Lipinski definition) is 1. The van der Waals surface area contributed by atoms with Crippen LogP contribution in [0.5, 0.6) is 0 Å². The van der Waals surface area contributed by atoms with Crippen LogP contribution in [0.2, 0.25) is 0 Å². The van der Waals surface area contributed by atoms with Gasteiger partial charge in [0.15, 0.2) is 0 Å². The standard InChI is InChI=1S/C13H17N/c1-2-7-12-13-10(4-1)5-3-6-11(13)8-9-14-12/h3,5-6,12,14H,1-2,4,7-9H2. The van der Waals surface area contributed by atoms with Gasteiger partial charge in [-0.2, -0.15) is 0 Å². The van der Waals surface area contributed by atoms with E-state index in [1.165, 1.54) is 38.6 Å². The van der Waals surface area contributed by atoms with E-state index in [1.54, 1.807) is 16.7 Å². The van der Waals surface area contributed by atoms with E-state index in [9.17, 15) is 0 Å². The first-order valence-corrected chi connectivity index (χ1v) is 5.79. The average molecular weight is 187 g/mol. The molecule has 1 unspecified atom stereocenters. The monoisotopic (exact) mass is 187 g/mol. The van der Waals surface area contributed by atoms with Crippen molar-refractivity contribution in [2.75, 3.05) is 6.54 Å². The molecule has 1 heterocycles. The molecule has 0 spiro atoms. The number of aryl methyl sites for hydroxylation is 1. The first kappa shape index (κ1) is 8.49. The van der Waals surface area contributed by atoms with Gasteiger partial charge in [-0.1, -0.05) is 24.6 Å². The van der Waals surface area contributed by atoms with Gasteiger partial charge in [-0.25, -0.2) is 0 Å². The van der Waals surface area contributed by atoms with Crippen molar-refractivity contribution in [1.82, 2.24) is 5.32 Å². The molecule has 0 amide bonds. The highest BCUT2D eigenvalue weighted by molar-refractivity contribution is 5.40. The van der Waals surface area contributed by atoms with Crippen molar-refractivity contribution in [2.24, 2.45) is 0 Å². The Hall–Kier alpha value is -0.820. The maximum absolute atomic E-state index is 3.66. The minimum atomic E-state index is 0.664. The minimum absolute atomic E-state index is 0.664. The van der Waals surface area contributed by atoms with E-state index in [2.05, 4.69) is 23.5 Å². The van der Waals surface area contributed by atoms with Crippen LogP contribution in [0.3, 0.4) is 0 Å². The van der Waals surface area contributed by atoms with Crippen LogP contribution in [-0.4, -0.2) is 6.54 Å². The summed E-state index contributed by atoms with van der Waals surface area (Å²) in [6, 6.07) is 7.54. The van der Waals surface area contributed by atoms with Crippen LogP contribution < -0.4 is 5.32 Å². The summed E-state index contributed by atoms with van der Waals surface area (Å²) in [6.07, 6.45) is 6.60. The Labute approximate surface area is 85.5 Å². The molecular formula is C13H17N. The van der Waals surface area contributed by atoms with Crippen molar-refractivity contribution in [3.8, 4) is 0 Å². The van der Waals surface area contributed by atoms with Crippen molar-refractivity contribution < 1.29 is 0 Å². The summed E-state index contributed by atoms with van der Waals surface area (Å²) < 4.78 is 0. The molecule has 0 radical (unpaired) electrons. The summed E-state index contributed by atoms with van der Waals surface area (Å²) in [5.41, 5.74) is 4.86. The fraction of sp³-hybridized carbons (Fsp3) is 0.538. The van der Waals surface area contributed by atoms with E-state index < -0.39 is 0 Å². The van der Waals surface area contributed by atoms with Crippen molar-refractivity contribution in [3.05, 3.63) is 34.9 Å². The smallest absolute Gasteiger partial charge is 0.0325 e. The lowest BCUT2D eigenvalue weighted by atomic mass is 9.89. The maximum Gasteiger partial charge on any atom is 0.0325 e. The minimum Gasteiger partial charge on any atom is -0.310 e. The highest BCUT2D eigenvalue weighted by atomic mass is 14.9. The Kier molecular flexibility index (Phi) is 2.06. The molecule has 14 heavy (non-hydrogen) atoms. The zero-order chi connectivity index (χ0) is 9.38. The fourth-order valence-electron chi connectivity index (χ4n) is 2.94. The van der Waals surface area contributed by atoms with E-state index in [0.717, 1.165) is 0 Å². The van der Waals surface area contributed by atoms with E-state index in [0.29, 0.717) is 6.04 Å². The van der Waals surface area contributed by atoms with Crippen LogP contribution in [0.15, 0.2) is 18.2 Å². The van der Waals surface area contributed by atoms with Crippen molar-refractivity contribution in [2.45, 2.75) is 38.1 Å². The van der Waals surface area contributed by atoms with Crippen LogP contribution in [0, 0.1) is 0 Å². The quantitative estimate of drug-likeness (QED) is 0.658. The average Bonchev–Trinajstić information content (AvgIpc) is 2.44. The Bertz CT molecular complexity index is 343. The fourth-order valence-corrected chi connectivity index (χ4v) is 2.94. The van der Waals surface area contributed by atoms with Gasteiger partial charge in [0.1, 0.15) is 0 Å². The predicted molar refractivity (Wildman–Crippen MR) is 58.4 cm³/mol. The Balaban J connectivity index is 2.14. The summed E-state index contributed by atoms with van der Waals surface area (Å²) in [4.78, 5) is 0. The second-order valence-corrected chi connectivity index (χ2v) is 4.49. The summed E-state index contributed by atoms with van der Waals surface area (Å²) in [6.45, 7) is 1.17. The Morgan fingerprint density at radius 2 is 1.93 bits per heavy atom. The van der Waals surface area contributed by atoms with Crippen LogP contribution >= 0.6 is 0 Å². The summed E-state index contributed by atoms with van der Waals surface area (Å²) in [5, 5.41) is 3.66. The molecule has 1 N–H and O–H groups in total. The van der Waals surface area contributed by atoms with Gasteiger partial charge < -0.3 is 5.32 Å². The second-order valence-electron chi connectivity index (χ2n) is 4.49. The van der Waals surface area contributed by atoms with Crippen LogP contribution in [0.4, 0.5) is 0 Å². The molecule has 1 aliphatic carbocycles. The first-order valence-electron chi connectivity index (χ1n) is 5.79. The summed E-state index contributed by atoms with van der Waals surface area (Å²) in [7, 11) is 0. The molecule has 1 aromatic carbocycles. The topological polar surface area (TPSA) is 12.0 Å². The molecule has 1 aliphatic heterocycles. The molecule has 0 saturated heterocycles. The number of nitrogens with one attached hydrogen (secondary N) is 1. The highest BCUT2D eigenvalue weighted by Gasteiger charge is 2.23. The highest BCUT2D eigenvalue weighted by Crippen LogP contribution is 2.33. The third-order valence-electron chi connectivity index (χ3n) is 3.61. The van der Waals surface area contributed by atoms with E-state index in [-0.39, 0.29) is 0 Å². The second kappa shape index (κ2) is 3.39. The third kappa shape index (κ3) is 1.27. The summed E-state index contributed by atoms with van der Waals surface area (Å²) in [5.74, 6) is 0. The molecule has 74 valence electrons. The Morgan fingerprint density at radius 1 is 1.07 bits per heavy atom. The molecular weight excluding hydrogens is 170 g/mol. The van der Waals surface area contributed by atoms with Crippen molar-refractivity contribution in [3.63, 3.8) is 0 Å². The normalized spacial score (nSPS) is 25.3.